The summed E-state index contributed by atoms with van der Waals surface area (Å²) in [5, 5.41) is 2.83. The molecule has 0 atom stereocenters. The SMILES string of the molecule is CC1(C)C(CNC(=O)CCS(C)(=O)=O)C1(C)C. The summed E-state index contributed by atoms with van der Waals surface area (Å²) in [6, 6.07) is 0. The highest BCUT2D eigenvalue weighted by molar-refractivity contribution is 7.90. The van der Waals surface area contributed by atoms with Crippen molar-refractivity contribution in [1.82, 2.24) is 5.32 Å². The van der Waals surface area contributed by atoms with E-state index < -0.39 is 9.84 Å². The standard InChI is InChI=1S/C12H23NO3S/c1-11(2)9(12(11,3)4)8-13-10(14)6-7-17(5,15)16/h9H,6-8H2,1-5H3,(H,13,14). The van der Waals surface area contributed by atoms with Crippen LogP contribution in [0.15, 0.2) is 0 Å². The number of sulfone groups is 1. The van der Waals surface area contributed by atoms with Crippen LogP contribution < -0.4 is 5.32 Å². The molecule has 1 fully saturated rings. The number of hydrogen-bond donors (Lipinski definition) is 1. The molecule has 0 spiro atoms. The highest BCUT2D eigenvalue weighted by Gasteiger charge is 2.64. The van der Waals surface area contributed by atoms with Crippen molar-refractivity contribution in [3.63, 3.8) is 0 Å². The summed E-state index contributed by atoms with van der Waals surface area (Å²) >= 11 is 0. The third kappa shape index (κ3) is 3.21. The third-order valence-electron chi connectivity index (χ3n) is 4.52. The number of amides is 1. The maximum atomic E-state index is 11.5. The Labute approximate surface area is 104 Å². The van der Waals surface area contributed by atoms with Gasteiger partial charge in [-0.05, 0) is 16.7 Å². The zero-order valence-electron chi connectivity index (χ0n) is 11.3. The first-order valence-electron chi connectivity index (χ1n) is 5.93. The van der Waals surface area contributed by atoms with Crippen molar-refractivity contribution in [2.75, 3.05) is 18.6 Å². The lowest BCUT2D eigenvalue weighted by atomic mass is 10.0. The van der Waals surface area contributed by atoms with E-state index in [1.165, 1.54) is 0 Å². The number of rotatable bonds is 5. The van der Waals surface area contributed by atoms with Gasteiger partial charge in [-0.3, -0.25) is 4.79 Å². The minimum absolute atomic E-state index is 0.0619. The Bertz CT molecular complexity index is 395. The van der Waals surface area contributed by atoms with Gasteiger partial charge in [0.15, 0.2) is 0 Å². The van der Waals surface area contributed by atoms with E-state index in [1.54, 1.807) is 0 Å². The van der Waals surface area contributed by atoms with E-state index in [9.17, 15) is 13.2 Å². The van der Waals surface area contributed by atoms with Crippen LogP contribution in [0, 0.1) is 16.7 Å². The van der Waals surface area contributed by atoms with Crippen LogP contribution in [0.2, 0.25) is 0 Å². The Hall–Kier alpha value is -0.580. The molecule has 0 aliphatic heterocycles. The zero-order valence-corrected chi connectivity index (χ0v) is 12.1. The van der Waals surface area contributed by atoms with Crippen molar-refractivity contribution < 1.29 is 13.2 Å². The average Bonchev–Trinajstić information content (AvgIpc) is 2.50. The summed E-state index contributed by atoms with van der Waals surface area (Å²) in [5.74, 6) is 0.224. The molecule has 0 saturated heterocycles. The first-order chi connectivity index (χ1) is 7.48. The minimum atomic E-state index is -3.05. The van der Waals surface area contributed by atoms with Crippen molar-refractivity contribution in [1.29, 1.82) is 0 Å². The van der Waals surface area contributed by atoms with Gasteiger partial charge in [0, 0.05) is 19.2 Å². The average molecular weight is 261 g/mol. The van der Waals surface area contributed by atoms with Crippen LogP contribution in [-0.4, -0.2) is 32.9 Å². The van der Waals surface area contributed by atoms with Gasteiger partial charge in [0.1, 0.15) is 9.84 Å². The van der Waals surface area contributed by atoms with Crippen LogP contribution in [-0.2, 0) is 14.6 Å². The zero-order chi connectivity index (χ0) is 13.5. The summed E-state index contributed by atoms with van der Waals surface area (Å²) in [5.41, 5.74) is 0.494. The van der Waals surface area contributed by atoms with Crippen LogP contribution in [0.5, 0.6) is 0 Å². The molecule has 1 saturated carbocycles. The van der Waals surface area contributed by atoms with Gasteiger partial charge in [0.2, 0.25) is 5.91 Å². The smallest absolute Gasteiger partial charge is 0.221 e. The molecule has 17 heavy (non-hydrogen) atoms. The molecule has 0 aromatic rings. The van der Waals surface area contributed by atoms with E-state index in [1.807, 2.05) is 0 Å². The normalized spacial score (nSPS) is 22.2. The van der Waals surface area contributed by atoms with Gasteiger partial charge < -0.3 is 5.32 Å². The summed E-state index contributed by atoms with van der Waals surface area (Å²) in [6.45, 7) is 9.42. The maximum absolute atomic E-state index is 11.5. The summed E-state index contributed by atoms with van der Waals surface area (Å²) in [4.78, 5) is 11.5. The number of hydrogen-bond acceptors (Lipinski definition) is 3. The molecule has 0 aromatic heterocycles. The maximum Gasteiger partial charge on any atom is 0.221 e. The molecule has 0 radical (unpaired) electrons. The third-order valence-corrected chi connectivity index (χ3v) is 5.47. The van der Waals surface area contributed by atoms with E-state index in [0.717, 1.165) is 6.26 Å². The number of carbonyl (C=O) groups is 1. The molecular weight excluding hydrogens is 238 g/mol. The van der Waals surface area contributed by atoms with E-state index >= 15 is 0 Å². The van der Waals surface area contributed by atoms with Crippen molar-refractivity contribution in [3.8, 4) is 0 Å². The first-order valence-corrected chi connectivity index (χ1v) is 7.99. The second-order valence-corrected chi connectivity index (χ2v) is 8.44. The second-order valence-electron chi connectivity index (χ2n) is 6.18. The fraction of sp³-hybridized carbons (Fsp3) is 0.917. The predicted molar refractivity (Wildman–Crippen MR) is 68.4 cm³/mol. The Morgan fingerprint density at radius 2 is 1.65 bits per heavy atom. The van der Waals surface area contributed by atoms with Crippen molar-refractivity contribution in [3.05, 3.63) is 0 Å². The van der Waals surface area contributed by atoms with E-state index in [4.69, 9.17) is 0 Å². The van der Waals surface area contributed by atoms with Gasteiger partial charge in [-0.2, -0.15) is 0 Å². The Morgan fingerprint density at radius 3 is 2.00 bits per heavy atom. The molecule has 1 amide bonds. The molecule has 0 aromatic carbocycles. The summed E-state index contributed by atoms with van der Waals surface area (Å²) < 4.78 is 21.8. The van der Waals surface area contributed by atoms with E-state index in [-0.39, 0.29) is 28.9 Å². The molecule has 0 heterocycles. The lowest BCUT2D eigenvalue weighted by Crippen LogP contribution is -2.28. The van der Waals surface area contributed by atoms with Crippen molar-refractivity contribution >= 4 is 15.7 Å². The Morgan fingerprint density at radius 1 is 1.18 bits per heavy atom. The highest BCUT2D eigenvalue weighted by atomic mass is 32.2. The van der Waals surface area contributed by atoms with Crippen molar-refractivity contribution in [2.45, 2.75) is 34.1 Å². The van der Waals surface area contributed by atoms with Gasteiger partial charge in [0.25, 0.3) is 0 Å². The van der Waals surface area contributed by atoms with Gasteiger partial charge >= 0.3 is 0 Å². The van der Waals surface area contributed by atoms with Gasteiger partial charge in [0.05, 0.1) is 5.75 Å². The molecule has 1 rings (SSSR count). The van der Waals surface area contributed by atoms with Crippen molar-refractivity contribution in [2.24, 2.45) is 16.7 Å². The van der Waals surface area contributed by atoms with E-state index in [0.29, 0.717) is 12.5 Å². The van der Waals surface area contributed by atoms with Crippen LogP contribution in [0.4, 0.5) is 0 Å². The molecule has 1 aliphatic rings. The van der Waals surface area contributed by atoms with Crippen LogP contribution in [0.1, 0.15) is 34.1 Å². The largest absolute Gasteiger partial charge is 0.356 e. The molecule has 1 N–H and O–H groups in total. The highest BCUT2D eigenvalue weighted by Crippen LogP contribution is 2.67. The van der Waals surface area contributed by atoms with Crippen LogP contribution in [0.25, 0.3) is 0 Å². The van der Waals surface area contributed by atoms with E-state index in [2.05, 4.69) is 33.0 Å². The van der Waals surface area contributed by atoms with Gasteiger partial charge in [-0.25, -0.2) is 8.42 Å². The molecule has 100 valence electrons. The van der Waals surface area contributed by atoms with Gasteiger partial charge in [-0.15, -0.1) is 0 Å². The predicted octanol–water partition coefficient (Wildman–Crippen LogP) is 1.22. The van der Waals surface area contributed by atoms with Crippen LogP contribution >= 0.6 is 0 Å². The lowest BCUT2D eigenvalue weighted by molar-refractivity contribution is -0.120. The second kappa shape index (κ2) is 4.26. The topological polar surface area (TPSA) is 63.2 Å². The summed E-state index contributed by atoms with van der Waals surface area (Å²) in [7, 11) is -3.05. The first kappa shape index (κ1) is 14.5. The fourth-order valence-corrected chi connectivity index (χ4v) is 2.98. The quantitative estimate of drug-likeness (QED) is 0.809. The fourth-order valence-electron chi connectivity index (χ4n) is 2.43. The van der Waals surface area contributed by atoms with Crippen LogP contribution in [0.3, 0.4) is 0 Å². The Kier molecular flexibility index (Phi) is 3.63. The number of nitrogens with one attached hydrogen (secondary N) is 1. The molecule has 4 nitrogen and oxygen atoms in total. The summed E-state index contributed by atoms with van der Waals surface area (Å²) in [6.07, 6.45) is 1.21. The molecule has 0 bridgehead atoms. The Balaban J connectivity index is 2.32. The monoisotopic (exact) mass is 261 g/mol. The molecular formula is C12H23NO3S. The minimum Gasteiger partial charge on any atom is -0.356 e. The molecule has 1 aliphatic carbocycles. The number of carbonyl (C=O) groups excluding carboxylic acids is 1. The molecule has 0 unspecified atom stereocenters. The molecule has 5 heteroatoms. The lowest BCUT2D eigenvalue weighted by Gasteiger charge is -2.05. The van der Waals surface area contributed by atoms with Gasteiger partial charge in [-0.1, -0.05) is 27.7 Å².